The van der Waals surface area contributed by atoms with Crippen LogP contribution in [0.4, 0.5) is 0 Å². The lowest BCUT2D eigenvalue weighted by atomic mass is 10.1. The Hall–Kier alpha value is -1.44. The van der Waals surface area contributed by atoms with Gasteiger partial charge in [-0.1, -0.05) is 12.8 Å². The molecule has 142 valence electrons. The van der Waals surface area contributed by atoms with E-state index in [0.717, 1.165) is 39.0 Å². The van der Waals surface area contributed by atoms with E-state index in [1.165, 1.54) is 37.8 Å². The molecule has 2 aliphatic carbocycles. The van der Waals surface area contributed by atoms with Gasteiger partial charge in [-0.15, -0.1) is 0 Å². The zero-order valence-electron chi connectivity index (χ0n) is 15.1. The van der Waals surface area contributed by atoms with E-state index in [0.29, 0.717) is 11.6 Å². The Labute approximate surface area is 155 Å². The van der Waals surface area contributed by atoms with E-state index in [4.69, 9.17) is 0 Å². The highest BCUT2D eigenvalue weighted by atomic mass is 32.2. The summed E-state index contributed by atoms with van der Waals surface area (Å²) >= 11 is 0. The maximum atomic E-state index is 12.7. The van der Waals surface area contributed by atoms with Crippen LogP contribution in [0, 0.1) is 0 Å². The predicted molar refractivity (Wildman–Crippen MR) is 99.5 cm³/mol. The zero-order chi connectivity index (χ0) is 18.1. The molecular weight excluding hydrogens is 350 g/mol. The monoisotopic (exact) mass is 377 g/mol. The summed E-state index contributed by atoms with van der Waals surface area (Å²) in [7, 11) is -3.46. The number of hydrogen-bond donors (Lipinski definition) is 1. The van der Waals surface area contributed by atoms with Crippen molar-refractivity contribution in [2.24, 2.45) is 0 Å². The Morgan fingerprint density at radius 3 is 2.12 bits per heavy atom. The third kappa shape index (κ3) is 3.94. The van der Waals surface area contributed by atoms with Gasteiger partial charge in [-0.2, -0.15) is 0 Å². The average molecular weight is 378 g/mol. The molecule has 4 rings (SSSR count). The summed E-state index contributed by atoms with van der Waals surface area (Å²) < 4.78 is 27.1. The first-order valence-corrected chi connectivity index (χ1v) is 11.2. The van der Waals surface area contributed by atoms with Crippen molar-refractivity contribution in [3.63, 3.8) is 0 Å². The molecule has 1 aliphatic heterocycles. The highest BCUT2D eigenvalue weighted by Crippen LogP contribution is 2.25. The molecule has 0 aromatic heterocycles. The van der Waals surface area contributed by atoms with Crippen molar-refractivity contribution in [3.05, 3.63) is 29.8 Å². The molecule has 1 aromatic rings. The molecule has 3 aliphatic rings. The summed E-state index contributed by atoms with van der Waals surface area (Å²) in [5, 5.41) is 0. The van der Waals surface area contributed by atoms with Crippen LogP contribution in [0.2, 0.25) is 0 Å². The van der Waals surface area contributed by atoms with Crippen LogP contribution in [0.1, 0.15) is 48.9 Å². The third-order valence-electron chi connectivity index (χ3n) is 5.75. The van der Waals surface area contributed by atoms with Gasteiger partial charge in [0.15, 0.2) is 0 Å². The number of sulfonamides is 1. The number of nitrogens with one attached hydrogen (secondary N) is 1. The number of carbonyl (C=O) groups is 1. The molecule has 0 bridgehead atoms. The third-order valence-corrected chi connectivity index (χ3v) is 7.29. The maximum absolute atomic E-state index is 12.7. The van der Waals surface area contributed by atoms with Gasteiger partial charge in [0, 0.05) is 43.8 Å². The lowest BCUT2D eigenvalue weighted by Crippen LogP contribution is -2.51. The fourth-order valence-electron chi connectivity index (χ4n) is 4.01. The van der Waals surface area contributed by atoms with Crippen LogP contribution in [0.3, 0.4) is 0 Å². The first-order valence-electron chi connectivity index (χ1n) is 9.69. The largest absolute Gasteiger partial charge is 0.336 e. The molecule has 0 unspecified atom stereocenters. The van der Waals surface area contributed by atoms with Crippen molar-refractivity contribution in [2.45, 2.75) is 55.5 Å². The smallest absolute Gasteiger partial charge is 0.253 e. The minimum atomic E-state index is -3.46. The van der Waals surface area contributed by atoms with Crippen LogP contribution >= 0.6 is 0 Å². The fourth-order valence-corrected chi connectivity index (χ4v) is 5.31. The van der Waals surface area contributed by atoms with Crippen LogP contribution in [-0.2, 0) is 10.0 Å². The van der Waals surface area contributed by atoms with Gasteiger partial charge in [0.1, 0.15) is 0 Å². The van der Waals surface area contributed by atoms with Crippen molar-refractivity contribution >= 4 is 15.9 Å². The lowest BCUT2D eigenvalue weighted by molar-refractivity contribution is 0.0573. The van der Waals surface area contributed by atoms with Gasteiger partial charge in [0.05, 0.1) is 4.90 Å². The standard InChI is InChI=1S/C19H27N3O3S/c23-19(22-13-11-21(12-14-22)17-3-1-2-4-17)15-5-9-18(10-6-15)26(24,25)20-16-7-8-16/h5-6,9-10,16-17,20H,1-4,7-8,11-14H2. The average Bonchev–Trinajstić information content (AvgIpc) is 3.29. The van der Waals surface area contributed by atoms with Crippen LogP contribution in [0.25, 0.3) is 0 Å². The Balaban J connectivity index is 1.36. The van der Waals surface area contributed by atoms with Crippen LogP contribution < -0.4 is 4.72 Å². The Kier molecular flexibility index (Phi) is 5.03. The van der Waals surface area contributed by atoms with Gasteiger partial charge in [0.25, 0.3) is 5.91 Å². The van der Waals surface area contributed by atoms with Gasteiger partial charge in [-0.3, -0.25) is 9.69 Å². The first-order chi connectivity index (χ1) is 12.5. The number of amides is 1. The highest BCUT2D eigenvalue weighted by molar-refractivity contribution is 7.89. The van der Waals surface area contributed by atoms with Gasteiger partial charge < -0.3 is 4.90 Å². The molecule has 2 saturated carbocycles. The van der Waals surface area contributed by atoms with Crippen molar-refractivity contribution in [3.8, 4) is 0 Å². The number of hydrogen-bond acceptors (Lipinski definition) is 4. The molecule has 0 atom stereocenters. The van der Waals surface area contributed by atoms with Gasteiger partial charge >= 0.3 is 0 Å². The molecule has 1 N–H and O–H groups in total. The number of piperazine rings is 1. The second-order valence-corrected chi connectivity index (χ2v) is 9.40. The molecule has 1 aromatic carbocycles. The van der Waals surface area contributed by atoms with Crippen LogP contribution in [0.15, 0.2) is 29.2 Å². The Morgan fingerprint density at radius 2 is 1.54 bits per heavy atom. The molecule has 1 heterocycles. The molecule has 7 heteroatoms. The van der Waals surface area contributed by atoms with Crippen LogP contribution in [-0.4, -0.2) is 62.4 Å². The van der Waals surface area contributed by atoms with E-state index in [-0.39, 0.29) is 16.8 Å². The molecule has 0 spiro atoms. The van der Waals surface area contributed by atoms with E-state index < -0.39 is 10.0 Å². The normalized spacial score (nSPS) is 22.7. The second-order valence-electron chi connectivity index (χ2n) is 7.69. The molecule has 6 nitrogen and oxygen atoms in total. The number of nitrogens with zero attached hydrogens (tertiary/aromatic N) is 2. The van der Waals surface area contributed by atoms with E-state index >= 15 is 0 Å². The van der Waals surface area contributed by atoms with E-state index in [1.807, 2.05) is 4.90 Å². The van der Waals surface area contributed by atoms with Gasteiger partial charge in [-0.05, 0) is 49.9 Å². The van der Waals surface area contributed by atoms with E-state index in [2.05, 4.69) is 9.62 Å². The number of carbonyl (C=O) groups excluding carboxylic acids is 1. The Morgan fingerprint density at radius 1 is 0.923 bits per heavy atom. The van der Waals surface area contributed by atoms with E-state index in [9.17, 15) is 13.2 Å². The summed E-state index contributed by atoms with van der Waals surface area (Å²) in [5.74, 6) is -0.00447. The van der Waals surface area contributed by atoms with Crippen molar-refractivity contribution in [1.82, 2.24) is 14.5 Å². The van der Waals surface area contributed by atoms with Crippen molar-refractivity contribution in [1.29, 1.82) is 0 Å². The SMILES string of the molecule is O=C(c1ccc(S(=O)(=O)NC2CC2)cc1)N1CCN(C2CCCC2)CC1. The number of benzene rings is 1. The van der Waals surface area contributed by atoms with Crippen LogP contribution in [0.5, 0.6) is 0 Å². The highest BCUT2D eigenvalue weighted by Gasteiger charge is 2.29. The molecule has 3 fully saturated rings. The maximum Gasteiger partial charge on any atom is 0.253 e. The quantitative estimate of drug-likeness (QED) is 0.850. The van der Waals surface area contributed by atoms with E-state index in [1.54, 1.807) is 12.1 Å². The fraction of sp³-hybridized carbons (Fsp3) is 0.632. The molecule has 26 heavy (non-hydrogen) atoms. The molecule has 1 amide bonds. The van der Waals surface area contributed by atoms with Gasteiger partial charge in [-0.25, -0.2) is 13.1 Å². The predicted octanol–water partition coefficient (Wildman–Crippen LogP) is 1.83. The van der Waals surface area contributed by atoms with Crippen molar-refractivity contribution in [2.75, 3.05) is 26.2 Å². The topological polar surface area (TPSA) is 69.7 Å². The summed E-state index contributed by atoms with van der Waals surface area (Å²) in [4.78, 5) is 17.4. The lowest BCUT2D eigenvalue weighted by Gasteiger charge is -2.38. The summed E-state index contributed by atoms with van der Waals surface area (Å²) in [6.07, 6.45) is 7.05. The first kappa shape index (κ1) is 17.9. The summed E-state index contributed by atoms with van der Waals surface area (Å²) in [6.45, 7) is 3.37. The summed E-state index contributed by atoms with van der Waals surface area (Å²) in [6, 6.07) is 7.12. The van der Waals surface area contributed by atoms with Crippen molar-refractivity contribution < 1.29 is 13.2 Å². The second kappa shape index (κ2) is 7.29. The minimum absolute atomic E-state index is 0.00447. The minimum Gasteiger partial charge on any atom is -0.336 e. The summed E-state index contributed by atoms with van der Waals surface area (Å²) in [5.41, 5.74) is 0.560. The molecular formula is C19H27N3O3S. The zero-order valence-corrected chi connectivity index (χ0v) is 15.9. The Bertz CT molecular complexity index is 745. The molecule has 0 radical (unpaired) electrons. The molecule has 1 saturated heterocycles. The number of rotatable bonds is 5. The van der Waals surface area contributed by atoms with Gasteiger partial charge in [0.2, 0.25) is 10.0 Å².